The molecule has 1 aliphatic heterocycles. The lowest BCUT2D eigenvalue weighted by Gasteiger charge is -2.12. The molecule has 0 spiro atoms. The summed E-state index contributed by atoms with van der Waals surface area (Å²) in [7, 11) is 1.39. The number of hydrogen-bond acceptors (Lipinski definition) is 7. The van der Waals surface area contributed by atoms with Gasteiger partial charge in [0.05, 0.1) is 22.6 Å². The number of hydrogen-bond donors (Lipinski definition) is 1. The van der Waals surface area contributed by atoms with E-state index >= 15 is 0 Å². The van der Waals surface area contributed by atoms with E-state index in [0.717, 1.165) is 20.2 Å². The van der Waals surface area contributed by atoms with Gasteiger partial charge < -0.3 is 14.8 Å². The smallest absolute Gasteiger partial charge is 0.345 e. The van der Waals surface area contributed by atoms with Crippen LogP contribution < -0.4 is 14.8 Å². The van der Waals surface area contributed by atoms with Gasteiger partial charge in [0.1, 0.15) is 6.54 Å². The van der Waals surface area contributed by atoms with E-state index in [9.17, 15) is 19.2 Å². The Hall–Kier alpha value is -3.06. The fourth-order valence-corrected chi connectivity index (χ4v) is 5.02. The lowest BCUT2D eigenvalue weighted by atomic mass is 10.1. The molecule has 3 aromatic carbocycles. The van der Waals surface area contributed by atoms with Crippen molar-refractivity contribution in [1.82, 2.24) is 4.90 Å². The van der Waals surface area contributed by atoms with Crippen molar-refractivity contribution < 1.29 is 28.7 Å². The number of rotatable bonds is 7. The number of benzene rings is 3. The number of esters is 1. The van der Waals surface area contributed by atoms with Gasteiger partial charge in [0, 0.05) is 14.3 Å². The van der Waals surface area contributed by atoms with Crippen LogP contribution in [0.2, 0.25) is 10.0 Å². The first-order valence-corrected chi connectivity index (χ1v) is 13.5. The van der Waals surface area contributed by atoms with Crippen LogP contribution in [0.15, 0.2) is 65.6 Å². The average Bonchev–Trinajstić information content (AvgIpc) is 3.13. The molecule has 1 fully saturated rings. The van der Waals surface area contributed by atoms with Gasteiger partial charge in [-0.25, -0.2) is 4.79 Å². The number of nitrogens with zero attached hydrogens (tertiary/aromatic N) is 1. The monoisotopic (exact) mass is 682 g/mol. The summed E-state index contributed by atoms with van der Waals surface area (Å²) in [5.41, 5.74) is 1.20. The predicted molar refractivity (Wildman–Crippen MR) is 155 cm³/mol. The van der Waals surface area contributed by atoms with Crippen molar-refractivity contribution in [3.8, 4) is 11.5 Å². The highest BCUT2D eigenvalue weighted by atomic mass is 127. The zero-order chi connectivity index (χ0) is 27.4. The third-order valence-corrected chi connectivity index (χ3v) is 7.32. The van der Waals surface area contributed by atoms with E-state index in [2.05, 4.69) is 27.9 Å². The second kappa shape index (κ2) is 12.2. The molecule has 0 aromatic heterocycles. The summed E-state index contributed by atoms with van der Waals surface area (Å²) in [6, 6.07) is 16.1. The largest absolute Gasteiger partial charge is 0.493 e. The maximum Gasteiger partial charge on any atom is 0.345 e. The van der Waals surface area contributed by atoms with Crippen molar-refractivity contribution in [2.75, 3.05) is 19.0 Å². The van der Waals surface area contributed by atoms with Crippen LogP contribution >= 0.6 is 57.6 Å². The molecule has 3 aromatic rings. The van der Waals surface area contributed by atoms with Crippen LogP contribution in [0.5, 0.6) is 11.5 Å². The molecule has 0 aliphatic carbocycles. The fraction of sp³-hybridized carbons (Fsp3) is 0.0769. The normalized spacial score (nSPS) is 14.1. The number of imide groups is 1. The first kappa shape index (κ1) is 28.0. The van der Waals surface area contributed by atoms with Gasteiger partial charge in [0.25, 0.3) is 11.1 Å². The fourth-order valence-electron chi connectivity index (χ4n) is 3.33. The van der Waals surface area contributed by atoms with Crippen LogP contribution in [-0.2, 0) is 9.59 Å². The standard InChI is InChI=1S/C26H17Cl2IN2O6S/c1-36-21-10-14(2-9-20(21)37-25(34)18-8-3-15(27)12-19(18)28)11-22-24(33)31(26(35)38-22)13-23(32)30-17-6-4-16(29)5-7-17/h2-12H,13H2,1H3,(H,30,32)/b22-11-. The van der Waals surface area contributed by atoms with Gasteiger partial charge in [-0.1, -0.05) is 29.3 Å². The quantitative estimate of drug-likeness (QED) is 0.131. The van der Waals surface area contributed by atoms with E-state index in [4.69, 9.17) is 32.7 Å². The van der Waals surface area contributed by atoms with Crippen LogP contribution in [0.25, 0.3) is 6.08 Å². The van der Waals surface area contributed by atoms with Crippen LogP contribution in [0.3, 0.4) is 0 Å². The van der Waals surface area contributed by atoms with Crippen molar-refractivity contribution in [2.45, 2.75) is 0 Å². The van der Waals surface area contributed by atoms with Crippen LogP contribution in [0.1, 0.15) is 15.9 Å². The molecule has 194 valence electrons. The molecule has 0 saturated carbocycles. The minimum atomic E-state index is -0.706. The van der Waals surface area contributed by atoms with Crippen LogP contribution in [-0.4, -0.2) is 41.6 Å². The van der Waals surface area contributed by atoms with Crippen molar-refractivity contribution in [2.24, 2.45) is 0 Å². The third-order valence-electron chi connectivity index (χ3n) is 5.14. The maximum absolute atomic E-state index is 12.8. The summed E-state index contributed by atoms with van der Waals surface area (Å²) >= 11 is 14.8. The second-order valence-corrected chi connectivity index (χ2v) is 10.8. The Labute approximate surface area is 245 Å². The Balaban J connectivity index is 1.46. The number of methoxy groups -OCH3 is 1. The molecule has 1 N–H and O–H groups in total. The molecule has 0 bridgehead atoms. The SMILES string of the molecule is COc1cc(/C=C2\SC(=O)N(CC(=O)Nc3ccc(I)cc3)C2=O)ccc1OC(=O)c1ccc(Cl)cc1Cl. The molecular weight excluding hydrogens is 666 g/mol. The van der Waals surface area contributed by atoms with Gasteiger partial charge in [-0.15, -0.1) is 0 Å². The summed E-state index contributed by atoms with van der Waals surface area (Å²) in [4.78, 5) is 51.3. The molecule has 4 rings (SSSR count). The zero-order valence-electron chi connectivity index (χ0n) is 19.5. The Morgan fingerprint density at radius 3 is 2.45 bits per heavy atom. The molecular formula is C26H17Cl2IN2O6S. The highest BCUT2D eigenvalue weighted by molar-refractivity contribution is 14.1. The van der Waals surface area contributed by atoms with Crippen LogP contribution in [0, 0.1) is 3.57 Å². The van der Waals surface area contributed by atoms with Crippen molar-refractivity contribution in [3.63, 3.8) is 0 Å². The van der Waals surface area contributed by atoms with E-state index < -0.39 is 29.6 Å². The van der Waals surface area contributed by atoms with Gasteiger partial charge in [-0.2, -0.15) is 0 Å². The van der Waals surface area contributed by atoms with Crippen LogP contribution in [0.4, 0.5) is 10.5 Å². The highest BCUT2D eigenvalue weighted by Crippen LogP contribution is 2.35. The van der Waals surface area contributed by atoms with Gasteiger partial charge >= 0.3 is 5.97 Å². The molecule has 12 heteroatoms. The lowest BCUT2D eigenvalue weighted by molar-refractivity contribution is -0.127. The Morgan fingerprint density at radius 2 is 1.76 bits per heavy atom. The molecule has 1 aliphatic rings. The average molecular weight is 683 g/mol. The van der Waals surface area contributed by atoms with E-state index in [1.54, 1.807) is 24.3 Å². The molecule has 8 nitrogen and oxygen atoms in total. The Morgan fingerprint density at radius 1 is 1.03 bits per heavy atom. The predicted octanol–water partition coefficient (Wildman–Crippen LogP) is 6.50. The number of thioether (sulfide) groups is 1. The molecule has 0 radical (unpaired) electrons. The number of carbonyl (C=O) groups is 4. The lowest BCUT2D eigenvalue weighted by Crippen LogP contribution is -2.36. The minimum Gasteiger partial charge on any atom is -0.493 e. The first-order valence-electron chi connectivity index (χ1n) is 10.8. The summed E-state index contributed by atoms with van der Waals surface area (Å²) in [5.74, 6) is -1.45. The van der Waals surface area contributed by atoms with E-state index in [1.165, 1.54) is 37.5 Å². The zero-order valence-corrected chi connectivity index (χ0v) is 24.0. The summed E-state index contributed by atoms with van der Waals surface area (Å²) in [5, 5.41) is 2.63. The van der Waals surface area contributed by atoms with Crippen molar-refractivity contribution >= 4 is 92.3 Å². The number of carbonyl (C=O) groups excluding carboxylic acids is 4. The highest BCUT2D eigenvalue weighted by Gasteiger charge is 2.36. The Kier molecular flexibility index (Phi) is 8.98. The minimum absolute atomic E-state index is 0.126. The number of ether oxygens (including phenoxy) is 2. The number of amides is 3. The summed E-state index contributed by atoms with van der Waals surface area (Å²) < 4.78 is 11.8. The summed E-state index contributed by atoms with van der Waals surface area (Å²) in [6.45, 7) is -0.417. The van der Waals surface area contributed by atoms with Gasteiger partial charge in [0.15, 0.2) is 11.5 Å². The van der Waals surface area contributed by atoms with E-state index in [-0.39, 0.29) is 27.0 Å². The van der Waals surface area contributed by atoms with E-state index in [0.29, 0.717) is 16.3 Å². The molecule has 1 saturated heterocycles. The first-order chi connectivity index (χ1) is 18.1. The van der Waals surface area contributed by atoms with Crippen molar-refractivity contribution in [3.05, 3.63) is 90.3 Å². The molecule has 0 unspecified atom stereocenters. The van der Waals surface area contributed by atoms with Gasteiger partial charge in [-0.05, 0) is 101 Å². The second-order valence-electron chi connectivity index (χ2n) is 7.75. The molecule has 38 heavy (non-hydrogen) atoms. The van der Waals surface area contributed by atoms with Gasteiger partial charge in [-0.3, -0.25) is 19.3 Å². The van der Waals surface area contributed by atoms with Gasteiger partial charge in [0.2, 0.25) is 5.91 Å². The Bertz CT molecular complexity index is 1480. The maximum atomic E-state index is 12.8. The summed E-state index contributed by atoms with van der Waals surface area (Å²) in [6.07, 6.45) is 1.49. The molecule has 0 atom stereocenters. The van der Waals surface area contributed by atoms with E-state index in [1.807, 2.05) is 12.1 Å². The molecule has 1 heterocycles. The molecule has 3 amide bonds. The topological polar surface area (TPSA) is 102 Å². The number of halogens is 3. The third kappa shape index (κ3) is 6.68. The number of anilines is 1. The number of nitrogens with one attached hydrogen (secondary N) is 1. The van der Waals surface area contributed by atoms with Crippen molar-refractivity contribution in [1.29, 1.82) is 0 Å².